The van der Waals surface area contributed by atoms with Gasteiger partial charge in [-0.1, -0.05) is 0 Å². The predicted molar refractivity (Wildman–Crippen MR) is 83.8 cm³/mol. The first-order chi connectivity index (χ1) is 8.76. The van der Waals surface area contributed by atoms with Gasteiger partial charge in [0, 0.05) is 28.1 Å². The number of phosphoric ester groups is 1. The monoisotopic (exact) mass is 364 g/mol. The zero-order valence-corrected chi connectivity index (χ0v) is 13.7. The summed E-state index contributed by atoms with van der Waals surface area (Å²) in [5, 5.41) is 0. The van der Waals surface area contributed by atoms with Crippen LogP contribution in [-0.4, -0.2) is 73.7 Å². The van der Waals surface area contributed by atoms with Crippen LogP contribution < -0.4 is 0 Å². The zero-order valence-electron chi connectivity index (χ0n) is 11.2. The molecule has 0 heterocycles. The summed E-state index contributed by atoms with van der Waals surface area (Å²) in [6, 6.07) is 3.53. The average Bonchev–Trinajstić information content (AvgIpc) is 2.25. The van der Waals surface area contributed by atoms with Crippen LogP contribution in [0.5, 0.6) is 0 Å². The Balaban J connectivity index is 0.00000361. The quantitative estimate of drug-likeness (QED) is 0.362. The van der Waals surface area contributed by atoms with Crippen LogP contribution in [0.1, 0.15) is 18.1 Å². The molecular formula is C11H18KO5PS2. The standard InChI is InChI=1S/C11H17O5PS2.K.H/c1-5-15-17(12,13)16-18-10-6-8(2)11(19(4)14)9(3)7-10;;/h6-7H,5H2,1-4H3,(H,12,13);;. The van der Waals surface area contributed by atoms with E-state index in [0.717, 1.165) is 28.1 Å². The Morgan fingerprint density at radius 2 is 1.90 bits per heavy atom. The molecule has 1 aromatic rings. The molecule has 0 aromatic heterocycles. The van der Waals surface area contributed by atoms with Crippen LogP contribution in [-0.2, 0) is 24.2 Å². The van der Waals surface area contributed by atoms with Crippen molar-refractivity contribution in [2.45, 2.75) is 30.6 Å². The van der Waals surface area contributed by atoms with E-state index in [0.29, 0.717) is 4.90 Å². The number of benzene rings is 1. The van der Waals surface area contributed by atoms with Gasteiger partial charge < -0.3 is 9.45 Å². The Labute approximate surface area is 169 Å². The maximum atomic E-state index is 11.6. The second kappa shape index (κ2) is 9.70. The first kappa shape index (κ1) is 21.6. The summed E-state index contributed by atoms with van der Waals surface area (Å²) in [7, 11) is -4.02. The number of rotatable bonds is 6. The second-order valence-electron chi connectivity index (χ2n) is 3.88. The van der Waals surface area contributed by atoms with Crippen molar-refractivity contribution < 1.29 is 22.5 Å². The first-order valence-corrected chi connectivity index (χ1v) is 9.34. The van der Waals surface area contributed by atoms with Gasteiger partial charge in [0.05, 0.1) is 6.61 Å². The molecule has 0 saturated carbocycles. The normalized spacial score (nSPS) is 15.3. The van der Waals surface area contributed by atoms with Crippen molar-refractivity contribution in [1.29, 1.82) is 0 Å². The predicted octanol–water partition coefficient (Wildman–Crippen LogP) is 2.55. The SMILES string of the molecule is CCOP(=O)(O)OSc1cc(C)c([S+](C)[O-])c(C)c1.[KH]. The maximum absolute atomic E-state index is 11.6. The van der Waals surface area contributed by atoms with Gasteiger partial charge in [0.2, 0.25) is 0 Å². The molecule has 0 fully saturated rings. The van der Waals surface area contributed by atoms with Crippen LogP contribution in [0.15, 0.2) is 21.9 Å². The van der Waals surface area contributed by atoms with Gasteiger partial charge in [-0.05, 0) is 44.1 Å². The van der Waals surface area contributed by atoms with Crippen molar-refractivity contribution in [2.75, 3.05) is 12.9 Å². The van der Waals surface area contributed by atoms with Crippen LogP contribution in [0.4, 0.5) is 0 Å². The van der Waals surface area contributed by atoms with Crippen LogP contribution in [0.2, 0.25) is 0 Å². The van der Waals surface area contributed by atoms with Gasteiger partial charge in [-0.25, -0.2) is 8.54 Å². The van der Waals surface area contributed by atoms with E-state index in [1.165, 1.54) is 0 Å². The number of hydrogen-bond donors (Lipinski definition) is 1. The molecule has 1 N–H and O–H groups in total. The number of hydrogen-bond acceptors (Lipinski definition) is 5. The minimum absolute atomic E-state index is 0. The van der Waals surface area contributed by atoms with E-state index < -0.39 is 19.0 Å². The van der Waals surface area contributed by atoms with Gasteiger partial charge in [-0.2, -0.15) is 0 Å². The molecule has 0 saturated heterocycles. The van der Waals surface area contributed by atoms with Gasteiger partial charge in [0.25, 0.3) is 0 Å². The van der Waals surface area contributed by atoms with Crippen LogP contribution in [0.3, 0.4) is 0 Å². The summed E-state index contributed by atoms with van der Waals surface area (Å²) in [5.74, 6) is 0. The summed E-state index contributed by atoms with van der Waals surface area (Å²) in [5.41, 5.74) is 1.72. The third-order valence-electron chi connectivity index (χ3n) is 2.24. The number of phosphoric acid groups is 1. The molecule has 2 atom stereocenters. The third kappa shape index (κ3) is 6.81. The van der Waals surface area contributed by atoms with Crippen molar-refractivity contribution in [2.24, 2.45) is 0 Å². The van der Waals surface area contributed by atoms with E-state index in [2.05, 4.69) is 4.52 Å². The minimum atomic E-state index is -4.02. The molecule has 0 aliphatic rings. The fraction of sp³-hybridized carbons (Fsp3) is 0.455. The molecule has 20 heavy (non-hydrogen) atoms. The summed E-state index contributed by atoms with van der Waals surface area (Å²) < 4.78 is 32.3. The Bertz CT molecular complexity index is 475. The summed E-state index contributed by atoms with van der Waals surface area (Å²) in [6.07, 6.45) is 1.62. The molecule has 1 aromatic carbocycles. The van der Waals surface area contributed by atoms with E-state index in [4.69, 9.17) is 3.97 Å². The van der Waals surface area contributed by atoms with E-state index in [1.807, 2.05) is 13.8 Å². The molecular weight excluding hydrogens is 346 g/mol. The van der Waals surface area contributed by atoms with Gasteiger partial charge in [-0.15, -0.1) is 0 Å². The van der Waals surface area contributed by atoms with E-state index in [-0.39, 0.29) is 58.0 Å². The second-order valence-corrected chi connectivity index (χ2v) is 7.63. The van der Waals surface area contributed by atoms with Gasteiger partial charge >= 0.3 is 59.2 Å². The van der Waals surface area contributed by atoms with Crippen molar-refractivity contribution in [3.8, 4) is 0 Å². The van der Waals surface area contributed by atoms with Crippen molar-refractivity contribution in [3.63, 3.8) is 0 Å². The average molecular weight is 364 g/mol. The molecule has 0 bridgehead atoms. The fourth-order valence-electron chi connectivity index (χ4n) is 1.69. The molecule has 1 rings (SSSR count). The van der Waals surface area contributed by atoms with Crippen molar-refractivity contribution >= 4 is 82.4 Å². The number of aryl methyl sites for hydroxylation is 2. The molecule has 9 heteroatoms. The van der Waals surface area contributed by atoms with E-state index in [1.54, 1.807) is 25.3 Å². The van der Waals surface area contributed by atoms with E-state index in [9.17, 15) is 14.0 Å². The van der Waals surface area contributed by atoms with Crippen molar-refractivity contribution in [1.82, 2.24) is 0 Å². The molecule has 5 nitrogen and oxygen atoms in total. The molecule has 2 unspecified atom stereocenters. The van der Waals surface area contributed by atoms with Crippen LogP contribution >= 0.6 is 19.9 Å². The van der Waals surface area contributed by atoms with Crippen LogP contribution in [0, 0.1) is 13.8 Å². The summed E-state index contributed by atoms with van der Waals surface area (Å²) in [6.45, 7) is 5.39. The first-order valence-electron chi connectivity index (χ1n) is 5.55. The molecule has 0 spiro atoms. The van der Waals surface area contributed by atoms with Crippen molar-refractivity contribution in [3.05, 3.63) is 23.3 Å². The zero-order chi connectivity index (χ0) is 14.6. The molecule has 0 radical (unpaired) electrons. The Hall–Kier alpha value is 1.63. The Morgan fingerprint density at radius 1 is 1.40 bits per heavy atom. The van der Waals surface area contributed by atoms with Gasteiger partial charge in [-0.3, -0.25) is 4.52 Å². The summed E-state index contributed by atoms with van der Waals surface area (Å²) >= 11 is -0.284. The Kier molecular flexibility index (Phi) is 10.5. The molecule has 0 aliphatic carbocycles. The van der Waals surface area contributed by atoms with E-state index >= 15 is 0 Å². The Morgan fingerprint density at radius 3 is 2.30 bits per heavy atom. The molecule has 110 valence electrons. The molecule has 0 amide bonds. The van der Waals surface area contributed by atoms with Crippen LogP contribution in [0.25, 0.3) is 0 Å². The van der Waals surface area contributed by atoms with Gasteiger partial charge in [0.1, 0.15) is 6.26 Å². The fourth-order valence-corrected chi connectivity index (χ4v) is 4.38. The topological polar surface area (TPSA) is 78.8 Å². The molecule has 0 aliphatic heterocycles. The van der Waals surface area contributed by atoms with Gasteiger partial charge in [0.15, 0.2) is 4.90 Å². The summed E-state index contributed by atoms with van der Waals surface area (Å²) in [4.78, 5) is 10.7. The third-order valence-corrected chi connectivity index (χ3v) is 5.52.